The van der Waals surface area contributed by atoms with Crippen LogP contribution in [0.3, 0.4) is 0 Å². The minimum absolute atomic E-state index is 0.858. The number of fused-ring (bicyclic) bond motifs is 12. The van der Waals surface area contributed by atoms with Gasteiger partial charge in [-0.25, -0.2) is 9.97 Å². The molecule has 0 unspecified atom stereocenters. The van der Waals surface area contributed by atoms with Gasteiger partial charge in [0.2, 0.25) is 0 Å². The van der Waals surface area contributed by atoms with E-state index in [-0.39, 0.29) is 0 Å². The van der Waals surface area contributed by atoms with Gasteiger partial charge in [-0.05, 0) is 180 Å². The van der Waals surface area contributed by atoms with Crippen molar-refractivity contribution in [1.29, 1.82) is 0 Å². The van der Waals surface area contributed by atoms with E-state index >= 15 is 0 Å². The monoisotopic (exact) mass is 1540 g/mol. The number of hydrogen-bond donors (Lipinski definition) is 1. The minimum Gasteiger partial charge on any atom is -0.337 e. The van der Waals surface area contributed by atoms with Gasteiger partial charge in [-0.1, -0.05) is 255 Å². The van der Waals surface area contributed by atoms with Gasteiger partial charge >= 0.3 is 0 Å². The van der Waals surface area contributed by atoms with Gasteiger partial charge in [0, 0.05) is 96.6 Å². The predicted octanol–water partition coefficient (Wildman–Crippen LogP) is 27.6. The molecule has 0 spiro atoms. The number of imidazole rings is 2. The van der Waals surface area contributed by atoms with Gasteiger partial charge in [-0.15, -0.1) is 0 Å². The quantitative estimate of drug-likeness (QED) is 0.0443. The second kappa shape index (κ2) is 31.7. The zero-order valence-electron chi connectivity index (χ0n) is 52.6. The number of hydrogen-bond acceptors (Lipinski definition) is 4. The molecular weight excluding hydrogens is 1470 g/mol. The van der Waals surface area contributed by atoms with E-state index < -0.39 is 0 Å². The number of aromatic amines is 1. The first-order valence-corrected chi connectivity index (χ1v) is 37.0. The smallest absolute Gasteiger partial charge is 0.141 e. The summed E-state index contributed by atoms with van der Waals surface area (Å²) in [5, 5.41) is 10.7. The van der Waals surface area contributed by atoms with Crippen molar-refractivity contribution in [1.82, 2.24) is 19.5 Å². The summed E-state index contributed by atoms with van der Waals surface area (Å²) in [5.74, 6) is 1.89. The molecule has 2 heterocycles. The minimum atomic E-state index is 0.858. The molecule has 468 valence electrons. The predicted molar refractivity (Wildman–Crippen MR) is 417 cm³/mol. The van der Waals surface area contributed by atoms with Crippen LogP contribution in [0.25, 0.3) is 87.9 Å². The Bertz CT molecular complexity index is 4610. The number of aromatic nitrogens is 4. The zero-order chi connectivity index (χ0) is 64.0. The van der Waals surface area contributed by atoms with E-state index in [4.69, 9.17) is 9.97 Å². The van der Waals surface area contributed by atoms with E-state index in [0.29, 0.717) is 0 Å². The molecule has 0 saturated carbocycles. The molecule has 0 amide bonds. The number of H-pyrrole nitrogens is 1. The second-order valence-electron chi connectivity index (χ2n) is 23.7. The molecule has 0 bridgehead atoms. The van der Waals surface area contributed by atoms with Crippen LogP contribution in [-0.2, 0) is 6.54 Å². The van der Waals surface area contributed by atoms with Crippen molar-refractivity contribution in [3.63, 3.8) is 0 Å². The number of benzene rings is 12. The average Bonchev–Trinajstić information content (AvgIpc) is 1.65. The first-order valence-electron chi connectivity index (χ1n) is 32.7. The third-order valence-electron chi connectivity index (χ3n) is 17.3. The third kappa shape index (κ3) is 15.2. The van der Waals surface area contributed by atoms with Gasteiger partial charge < -0.3 is 19.4 Å². The van der Waals surface area contributed by atoms with Crippen molar-refractivity contribution >= 4 is 179 Å². The summed E-state index contributed by atoms with van der Waals surface area (Å²) in [4.78, 5) is 18.8. The summed E-state index contributed by atoms with van der Waals surface area (Å²) in [6.07, 6.45) is 15.9. The third-order valence-corrected chi connectivity index (χ3v) is 19.8. The van der Waals surface area contributed by atoms with Gasteiger partial charge in [0.1, 0.15) is 11.6 Å². The molecule has 11 heteroatoms. The van der Waals surface area contributed by atoms with Crippen molar-refractivity contribution in [2.75, 3.05) is 15.1 Å². The first-order chi connectivity index (χ1) is 45.7. The number of nitrogens with zero attached hydrogens (tertiary/aromatic N) is 5. The van der Waals surface area contributed by atoms with E-state index in [1.165, 1.54) is 114 Å². The number of nitrogens with one attached hydrogen (secondary N) is 1. The molecule has 0 aliphatic heterocycles. The highest BCUT2D eigenvalue weighted by molar-refractivity contribution is 9.11. The van der Waals surface area contributed by atoms with Crippen molar-refractivity contribution in [2.24, 2.45) is 0 Å². The lowest BCUT2D eigenvalue weighted by Crippen LogP contribution is -2.09. The fraction of sp³-hybridized carbons (Fsp3) is 0.195. The van der Waals surface area contributed by atoms with Gasteiger partial charge in [0.05, 0.1) is 22.1 Å². The molecule has 0 atom stereocenters. The molecule has 2 aromatic heterocycles. The van der Waals surface area contributed by atoms with Gasteiger partial charge in [-0.3, -0.25) is 0 Å². The highest BCUT2D eigenvalue weighted by atomic mass is 79.9. The number of halogens is 5. The van der Waals surface area contributed by atoms with Gasteiger partial charge in [-0.2, -0.15) is 0 Å². The van der Waals surface area contributed by atoms with Gasteiger partial charge in [0.25, 0.3) is 0 Å². The average molecular weight is 1540 g/mol. The normalized spacial score (nSPS) is 11.3. The fourth-order valence-corrected chi connectivity index (χ4v) is 14.5. The van der Waals surface area contributed by atoms with Crippen LogP contribution < -0.4 is 9.80 Å². The Balaban J connectivity index is 0.000000160. The van der Waals surface area contributed by atoms with Crippen LogP contribution in [0.1, 0.15) is 90.9 Å². The number of rotatable bonds is 21. The standard InChI is InChI=1S/C41H37Br2N3.C33H21Br2N3.C8H17Br/c1-2-3-4-5-6-13-26-45-40-36-25-21-31(43)28-38(36)37-27-30(42)20-24-35(37)39(40)44-41(45)29-18-22-34(23-19-29)46(32-14-9-7-10-15-32)33-16-11-8-12-17-33;34-22-13-17-27-29(19-22)30-20-23(35)14-18-28(30)32-31(27)36-33(37-32)21-11-15-26(16-12-21)38(24-7-3-1-4-8-24)25-9-5-2-6-10-25;1-2-3-4-5-6-7-8-9/h7-12,14-25,27-28H,2-6,13,26H2,1H3;1-20H,(H,36,37);2-8H2,1H3. The maximum Gasteiger partial charge on any atom is 0.141 e. The number of unbranched alkanes of at least 4 members (excludes halogenated alkanes) is 10. The molecule has 6 nitrogen and oxygen atoms in total. The van der Waals surface area contributed by atoms with Crippen LogP contribution in [0.15, 0.2) is 261 Å². The van der Waals surface area contributed by atoms with Crippen molar-refractivity contribution < 1.29 is 0 Å². The zero-order valence-corrected chi connectivity index (χ0v) is 60.5. The van der Waals surface area contributed by atoms with Gasteiger partial charge in [0.15, 0.2) is 0 Å². The Morgan fingerprint density at radius 3 is 1.16 bits per heavy atom. The van der Waals surface area contributed by atoms with Crippen molar-refractivity contribution in [3.8, 4) is 22.8 Å². The molecule has 1 N–H and O–H groups in total. The highest BCUT2D eigenvalue weighted by Crippen LogP contribution is 2.43. The molecule has 0 aliphatic rings. The topological polar surface area (TPSA) is 53.0 Å². The Kier molecular flexibility index (Phi) is 22.4. The molecule has 14 rings (SSSR count). The SMILES string of the molecule is Brc1ccc2c(c1)c1cc(Br)ccc1c1[nH]c(-c3ccc(N(c4ccccc4)c4ccccc4)cc3)nc21.CCCCCCCCBr.CCCCCCCCn1c(-c2ccc(N(c3ccccc3)c3ccccc3)cc2)nc2c3ccc(Br)cc3c3cc(Br)ccc3c21. The lowest BCUT2D eigenvalue weighted by Gasteiger charge is -2.25. The lowest BCUT2D eigenvalue weighted by molar-refractivity contribution is 0.566. The second-order valence-corrected chi connectivity index (χ2v) is 28.1. The van der Waals surface area contributed by atoms with Crippen LogP contribution in [-0.4, -0.2) is 24.8 Å². The van der Waals surface area contributed by atoms with E-state index in [2.05, 4.69) is 343 Å². The summed E-state index contributed by atoms with van der Waals surface area (Å²) in [5.41, 5.74) is 13.2. The Morgan fingerprint density at radius 1 is 0.344 bits per heavy atom. The van der Waals surface area contributed by atoms with Crippen molar-refractivity contribution in [2.45, 2.75) is 97.4 Å². The molecule has 0 saturated heterocycles. The van der Waals surface area contributed by atoms with E-state index in [9.17, 15) is 0 Å². The Labute approximate surface area is 589 Å². The maximum absolute atomic E-state index is 5.45. The number of aryl methyl sites for hydroxylation is 1. The summed E-state index contributed by atoms with van der Waals surface area (Å²) in [7, 11) is 0. The largest absolute Gasteiger partial charge is 0.337 e. The summed E-state index contributed by atoms with van der Waals surface area (Å²) < 4.78 is 6.76. The van der Waals surface area contributed by atoms with E-state index in [0.717, 1.165) is 115 Å². The first kappa shape index (κ1) is 65.7. The number of anilines is 6. The van der Waals surface area contributed by atoms with Crippen LogP contribution in [0.2, 0.25) is 0 Å². The molecule has 0 aliphatic carbocycles. The van der Waals surface area contributed by atoms with Crippen LogP contribution >= 0.6 is 79.6 Å². The fourth-order valence-electron chi connectivity index (χ4n) is 12.7. The molecule has 0 fully saturated rings. The van der Waals surface area contributed by atoms with Crippen molar-refractivity contribution in [3.05, 3.63) is 261 Å². The lowest BCUT2D eigenvalue weighted by atomic mass is 10.00. The molecular formula is C82H75Br5N6. The number of alkyl halides is 1. The molecule has 0 radical (unpaired) electrons. The molecule has 12 aromatic carbocycles. The number of para-hydroxylation sites is 4. The Morgan fingerprint density at radius 2 is 0.710 bits per heavy atom. The maximum atomic E-state index is 5.45. The van der Waals surface area contributed by atoms with E-state index in [1.54, 1.807) is 0 Å². The molecule has 93 heavy (non-hydrogen) atoms. The highest BCUT2D eigenvalue weighted by Gasteiger charge is 2.22. The summed E-state index contributed by atoms with van der Waals surface area (Å²) in [6.45, 7) is 5.47. The summed E-state index contributed by atoms with van der Waals surface area (Å²) in [6, 6.07) is 85.7. The van der Waals surface area contributed by atoms with Crippen LogP contribution in [0.5, 0.6) is 0 Å². The Hall–Kier alpha value is -7.38. The van der Waals surface area contributed by atoms with Crippen LogP contribution in [0, 0.1) is 0 Å². The van der Waals surface area contributed by atoms with E-state index in [1.807, 2.05) is 12.1 Å². The molecule has 14 aromatic rings. The van der Waals surface area contributed by atoms with Crippen LogP contribution in [0.4, 0.5) is 34.1 Å². The summed E-state index contributed by atoms with van der Waals surface area (Å²) >= 11 is 18.2.